The lowest BCUT2D eigenvalue weighted by Crippen LogP contribution is -2.63. The third-order valence-electron chi connectivity index (χ3n) is 4.39. The smallest absolute Gasteiger partial charge is 0.410 e. The van der Waals surface area contributed by atoms with Gasteiger partial charge in [-0.25, -0.2) is 4.79 Å². The van der Waals surface area contributed by atoms with E-state index in [1.807, 2.05) is 20.8 Å². The molecule has 2 saturated heterocycles. The molecule has 8 nitrogen and oxygen atoms in total. The number of carbonyl (C=O) groups is 1. The van der Waals surface area contributed by atoms with Gasteiger partial charge >= 0.3 is 6.09 Å². The van der Waals surface area contributed by atoms with Crippen molar-refractivity contribution < 1.29 is 14.3 Å². The van der Waals surface area contributed by atoms with Gasteiger partial charge in [0.05, 0.1) is 19.3 Å². The SMILES string of the molecule is CN=C(NCC(C)CN1CCOCC1)NC1CN(C(=O)OC(C)(C)C)C1. The number of aliphatic imine (C=N–C) groups is 1. The molecule has 0 aromatic rings. The number of ether oxygens (including phenoxy) is 2. The fourth-order valence-electron chi connectivity index (χ4n) is 2.99. The molecule has 1 atom stereocenters. The summed E-state index contributed by atoms with van der Waals surface area (Å²) in [6, 6.07) is 0.211. The molecular weight excluding hydrogens is 334 g/mol. The molecule has 1 amide bonds. The van der Waals surface area contributed by atoms with Crippen LogP contribution in [-0.2, 0) is 9.47 Å². The lowest BCUT2D eigenvalue weighted by Gasteiger charge is -2.40. The van der Waals surface area contributed by atoms with Gasteiger partial charge in [0, 0.05) is 46.3 Å². The Morgan fingerprint density at radius 1 is 1.31 bits per heavy atom. The van der Waals surface area contributed by atoms with Gasteiger partial charge in [-0.05, 0) is 26.7 Å². The number of likely N-dealkylation sites (tertiary alicyclic amines) is 1. The summed E-state index contributed by atoms with van der Waals surface area (Å²) in [5, 5.41) is 6.75. The van der Waals surface area contributed by atoms with Crippen molar-refractivity contribution in [2.45, 2.75) is 39.3 Å². The van der Waals surface area contributed by atoms with E-state index in [1.165, 1.54) is 0 Å². The highest BCUT2D eigenvalue weighted by atomic mass is 16.6. The number of nitrogens with zero attached hydrogens (tertiary/aromatic N) is 3. The van der Waals surface area contributed by atoms with Gasteiger partial charge < -0.3 is 25.0 Å². The second-order valence-electron chi connectivity index (χ2n) is 8.20. The van der Waals surface area contributed by atoms with Crippen LogP contribution in [0.15, 0.2) is 4.99 Å². The van der Waals surface area contributed by atoms with Crippen LogP contribution < -0.4 is 10.6 Å². The average molecular weight is 370 g/mol. The first-order valence-corrected chi connectivity index (χ1v) is 9.52. The van der Waals surface area contributed by atoms with Gasteiger partial charge in [0.2, 0.25) is 0 Å². The number of nitrogens with one attached hydrogen (secondary N) is 2. The monoisotopic (exact) mass is 369 g/mol. The van der Waals surface area contributed by atoms with E-state index < -0.39 is 5.60 Å². The van der Waals surface area contributed by atoms with E-state index in [2.05, 4.69) is 27.4 Å². The summed E-state index contributed by atoms with van der Waals surface area (Å²) in [4.78, 5) is 20.4. The van der Waals surface area contributed by atoms with Crippen molar-refractivity contribution in [3.8, 4) is 0 Å². The molecule has 2 heterocycles. The first kappa shape index (κ1) is 20.8. The van der Waals surface area contributed by atoms with Gasteiger partial charge in [0.15, 0.2) is 5.96 Å². The predicted octanol–water partition coefficient (Wildman–Crippen LogP) is 0.739. The van der Waals surface area contributed by atoms with E-state index in [1.54, 1.807) is 11.9 Å². The topological polar surface area (TPSA) is 78.4 Å². The summed E-state index contributed by atoms with van der Waals surface area (Å²) < 4.78 is 10.8. The van der Waals surface area contributed by atoms with Gasteiger partial charge in [-0.15, -0.1) is 0 Å². The zero-order chi connectivity index (χ0) is 19.2. The maximum atomic E-state index is 12.0. The fourth-order valence-corrected chi connectivity index (χ4v) is 2.99. The van der Waals surface area contributed by atoms with Gasteiger partial charge in [0.25, 0.3) is 0 Å². The zero-order valence-electron chi connectivity index (χ0n) is 16.9. The van der Waals surface area contributed by atoms with Crippen molar-refractivity contribution in [2.24, 2.45) is 10.9 Å². The molecule has 0 aromatic carbocycles. The highest BCUT2D eigenvalue weighted by molar-refractivity contribution is 5.80. The van der Waals surface area contributed by atoms with Crippen LogP contribution in [0.2, 0.25) is 0 Å². The largest absolute Gasteiger partial charge is 0.444 e. The van der Waals surface area contributed by atoms with E-state index >= 15 is 0 Å². The highest BCUT2D eigenvalue weighted by Crippen LogP contribution is 2.15. The number of amides is 1. The lowest BCUT2D eigenvalue weighted by atomic mass is 10.1. The maximum Gasteiger partial charge on any atom is 0.410 e. The van der Waals surface area contributed by atoms with Gasteiger partial charge in [-0.1, -0.05) is 6.92 Å². The second-order valence-corrected chi connectivity index (χ2v) is 8.20. The molecule has 0 radical (unpaired) electrons. The van der Waals surface area contributed by atoms with E-state index in [4.69, 9.17) is 9.47 Å². The summed E-state index contributed by atoms with van der Waals surface area (Å²) in [5.74, 6) is 1.30. The Balaban J connectivity index is 1.63. The van der Waals surface area contributed by atoms with Crippen LogP contribution >= 0.6 is 0 Å². The van der Waals surface area contributed by atoms with Crippen molar-refractivity contribution >= 4 is 12.1 Å². The molecule has 2 aliphatic rings. The third-order valence-corrected chi connectivity index (χ3v) is 4.39. The molecule has 2 N–H and O–H groups in total. The Bertz CT molecular complexity index is 480. The first-order chi connectivity index (χ1) is 12.3. The summed E-state index contributed by atoms with van der Waals surface area (Å²) in [5.41, 5.74) is -0.455. The Kier molecular flexibility index (Phi) is 7.52. The fraction of sp³-hybridized carbons (Fsp3) is 0.889. The number of carbonyl (C=O) groups excluding carboxylic acids is 1. The highest BCUT2D eigenvalue weighted by Gasteiger charge is 2.34. The van der Waals surface area contributed by atoms with Crippen LogP contribution in [0.3, 0.4) is 0 Å². The number of rotatable bonds is 5. The van der Waals surface area contributed by atoms with Crippen molar-refractivity contribution in [2.75, 3.05) is 59.5 Å². The van der Waals surface area contributed by atoms with Crippen molar-refractivity contribution in [3.05, 3.63) is 0 Å². The summed E-state index contributed by atoms with van der Waals surface area (Å²) >= 11 is 0. The molecule has 1 unspecified atom stereocenters. The number of morpholine rings is 1. The second kappa shape index (κ2) is 9.41. The Morgan fingerprint density at radius 3 is 2.54 bits per heavy atom. The predicted molar refractivity (Wildman–Crippen MR) is 103 cm³/mol. The van der Waals surface area contributed by atoms with Crippen molar-refractivity contribution in [1.82, 2.24) is 20.4 Å². The lowest BCUT2D eigenvalue weighted by molar-refractivity contribution is 0.00700. The molecule has 150 valence electrons. The maximum absolute atomic E-state index is 12.0. The standard InChI is InChI=1S/C18H35N5O3/c1-14(11-22-6-8-25-9-7-22)10-20-16(19-5)21-15-12-23(13-15)17(24)26-18(2,3)4/h14-15H,6-13H2,1-5H3,(H2,19,20,21). The molecule has 2 fully saturated rings. The molecule has 0 spiro atoms. The van der Waals surface area contributed by atoms with Crippen LogP contribution in [0.5, 0.6) is 0 Å². The third kappa shape index (κ3) is 6.99. The van der Waals surface area contributed by atoms with Crippen LogP contribution in [0, 0.1) is 5.92 Å². The molecule has 0 aromatic heterocycles. The minimum atomic E-state index is -0.455. The zero-order valence-corrected chi connectivity index (χ0v) is 16.9. The minimum Gasteiger partial charge on any atom is -0.444 e. The van der Waals surface area contributed by atoms with Crippen LogP contribution in [-0.4, -0.2) is 93.0 Å². The molecular formula is C18H35N5O3. The molecule has 2 rings (SSSR count). The molecule has 26 heavy (non-hydrogen) atoms. The number of hydrogen-bond donors (Lipinski definition) is 2. The van der Waals surface area contributed by atoms with Gasteiger partial charge in [-0.3, -0.25) is 9.89 Å². The summed E-state index contributed by atoms with van der Waals surface area (Å²) in [6.45, 7) is 14.8. The summed E-state index contributed by atoms with van der Waals surface area (Å²) in [6.07, 6.45) is -0.252. The van der Waals surface area contributed by atoms with Crippen LogP contribution in [0.25, 0.3) is 0 Å². The molecule has 8 heteroatoms. The number of guanidine groups is 1. The van der Waals surface area contributed by atoms with Crippen LogP contribution in [0.4, 0.5) is 4.79 Å². The first-order valence-electron chi connectivity index (χ1n) is 9.52. The molecule has 0 saturated carbocycles. The molecule has 0 aliphatic carbocycles. The van der Waals surface area contributed by atoms with Crippen LogP contribution in [0.1, 0.15) is 27.7 Å². The van der Waals surface area contributed by atoms with Crippen molar-refractivity contribution in [1.29, 1.82) is 0 Å². The Hall–Kier alpha value is -1.54. The normalized spacial score (nSPS) is 21.1. The summed E-state index contributed by atoms with van der Waals surface area (Å²) in [7, 11) is 1.77. The van der Waals surface area contributed by atoms with Gasteiger partial charge in [0.1, 0.15) is 5.60 Å². The van der Waals surface area contributed by atoms with E-state index in [-0.39, 0.29) is 12.1 Å². The van der Waals surface area contributed by atoms with Gasteiger partial charge in [-0.2, -0.15) is 0 Å². The van der Waals surface area contributed by atoms with E-state index in [0.717, 1.165) is 45.4 Å². The Labute approximate surface area is 157 Å². The average Bonchev–Trinajstić information content (AvgIpc) is 2.52. The minimum absolute atomic E-state index is 0.211. The van der Waals surface area contributed by atoms with E-state index in [0.29, 0.717) is 19.0 Å². The van der Waals surface area contributed by atoms with E-state index in [9.17, 15) is 4.79 Å². The molecule has 2 aliphatic heterocycles. The van der Waals surface area contributed by atoms with Crippen molar-refractivity contribution in [3.63, 3.8) is 0 Å². The molecule has 0 bridgehead atoms. The quantitative estimate of drug-likeness (QED) is 0.550. The number of hydrogen-bond acceptors (Lipinski definition) is 5. The Morgan fingerprint density at radius 2 is 1.96 bits per heavy atom.